The van der Waals surface area contributed by atoms with Crippen LogP contribution in [0.15, 0.2) is 42.6 Å². The van der Waals surface area contributed by atoms with Crippen molar-refractivity contribution in [3.8, 4) is 5.75 Å². The lowest BCUT2D eigenvalue weighted by atomic mass is 10.0. The lowest BCUT2D eigenvalue weighted by Crippen LogP contribution is -2.07. The molecule has 1 heterocycles. The number of ether oxygens (including phenoxy) is 1. The third-order valence-corrected chi connectivity index (χ3v) is 2.84. The normalized spacial score (nSPS) is 12.1. The summed E-state index contributed by atoms with van der Waals surface area (Å²) >= 11 is 0. The highest BCUT2D eigenvalue weighted by atomic mass is 16.5. The summed E-state index contributed by atoms with van der Waals surface area (Å²) in [5.74, 6) is 1.12. The van der Waals surface area contributed by atoms with Crippen molar-refractivity contribution in [3.05, 3.63) is 53.7 Å². The van der Waals surface area contributed by atoms with E-state index in [9.17, 15) is 5.11 Å². The minimum Gasteiger partial charge on any atom is -0.496 e. The van der Waals surface area contributed by atoms with Crippen LogP contribution < -0.4 is 10.5 Å². The molecule has 3 N–H and O–H groups in total. The molecule has 1 aromatic carbocycles. The van der Waals surface area contributed by atoms with Gasteiger partial charge in [0.1, 0.15) is 11.6 Å². The predicted octanol–water partition coefficient (Wildman–Crippen LogP) is 1.95. The largest absolute Gasteiger partial charge is 0.496 e. The van der Waals surface area contributed by atoms with Crippen molar-refractivity contribution in [2.75, 3.05) is 12.8 Å². The number of nitrogens with two attached hydrogens (primary N) is 1. The highest BCUT2D eigenvalue weighted by Gasteiger charge is 2.14. The third kappa shape index (κ3) is 2.60. The fraction of sp³-hybridized carbons (Fsp3) is 0.214. The predicted molar refractivity (Wildman–Crippen MR) is 70.3 cm³/mol. The molecule has 0 aliphatic rings. The third-order valence-electron chi connectivity index (χ3n) is 2.84. The Morgan fingerprint density at radius 2 is 2.06 bits per heavy atom. The molecule has 0 amide bonds. The molecule has 4 nitrogen and oxygen atoms in total. The molecule has 0 bridgehead atoms. The number of aliphatic hydroxyl groups is 1. The monoisotopic (exact) mass is 244 g/mol. The van der Waals surface area contributed by atoms with Crippen LogP contribution in [-0.4, -0.2) is 17.2 Å². The average Bonchev–Trinajstić information content (AvgIpc) is 2.39. The molecule has 0 radical (unpaired) electrons. The summed E-state index contributed by atoms with van der Waals surface area (Å²) in [4.78, 5) is 3.97. The van der Waals surface area contributed by atoms with E-state index in [2.05, 4.69) is 4.98 Å². The molecule has 2 rings (SSSR count). The molecule has 4 heteroatoms. The van der Waals surface area contributed by atoms with E-state index in [0.717, 1.165) is 11.3 Å². The lowest BCUT2D eigenvalue weighted by molar-refractivity contribution is 0.177. The van der Waals surface area contributed by atoms with Crippen LogP contribution in [0.2, 0.25) is 0 Å². The van der Waals surface area contributed by atoms with Crippen LogP contribution in [0.5, 0.6) is 5.75 Å². The fourth-order valence-corrected chi connectivity index (χ4v) is 1.90. The number of aromatic nitrogens is 1. The van der Waals surface area contributed by atoms with Crippen molar-refractivity contribution in [2.45, 2.75) is 12.5 Å². The number of hydrogen-bond donors (Lipinski definition) is 2. The van der Waals surface area contributed by atoms with Crippen LogP contribution in [0.3, 0.4) is 0 Å². The molecule has 94 valence electrons. The Balaban J connectivity index is 2.21. The smallest absolute Gasteiger partial charge is 0.129 e. The lowest BCUT2D eigenvalue weighted by Gasteiger charge is -2.14. The first-order valence-corrected chi connectivity index (χ1v) is 5.72. The van der Waals surface area contributed by atoms with Gasteiger partial charge in [-0.25, -0.2) is 4.98 Å². The Morgan fingerprint density at radius 3 is 2.78 bits per heavy atom. The molecule has 1 aromatic heterocycles. The molecular weight excluding hydrogens is 228 g/mol. The summed E-state index contributed by atoms with van der Waals surface area (Å²) in [6.07, 6.45) is 1.36. The van der Waals surface area contributed by atoms with Gasteiger partial charge in [0.05, 0.1) is 13.2 Å². The van der Waals surface area contributed by atoms with E-state index < -0.39 is 6.10 Å². The van der Waals surface area contributed by atoms with Gasteiger partial charge >= 0.3 is 0 Å². The number of nitrogens with zero attached hydrogens (tertiary/aromatic N) is 1. The van der Waals surface area contributed by atoms with Crippen LogP contribution in [-0.2, 0) is 6.42 Å². The second kappa shape index (κ2) is 5.51. The standard InChI is InChI=1S/C14H16N2O2/c1-18-13-7-3-2-5-10(13)9-12(17)11-6-4-8-16-14(11)15/h2-8,12,17H,9H2,1H3,(H2,15,16). The summed E-state index contributed by atoms with van der Waals surface area (Å²) in [5.41, 5.74) is 7.33. The SMILES string of the molecule is COc1ccccc1CC(O)c1cccnc1N. The van der Waals surface area contributed by atoms with Gasteiger partial charge in [-0.1, -0.05) is 24.3 Å². The van der Waals surface area contributed by atoms with E-state index in [1.165, 1.54) is 0 Å². The van der Waals surface area contributed by atoms with Crippen LogP contribution in [0.1, 0.15) is 17.2 Å². The minimum absolute atomic E-state index is 0.361. The molecule has 0 aliphatic heterocycles. The van der Waals surface area contributed by atoms with Gasteiger partial charge in [-0.2, -0.15) is 0 Å². The first-order valence-electron chi connectivity index (χ1n) is 5.72. The van der Waals surface area contributed by atoms with Crippen molar-refractivity contribution in [1.82, 2.24) is 4.98 Å². The van der Waals surface area contributed by atoms with Gasteiger partial charge in [0.15, 0.2) is 0 Å². The summed E-state index contributed by atoms with van der Waals surface area (Å²) in [5, 5.41) is 10.2. The van der Waals surface area contributed by atoms with Crippen molar-refractivity contribution >= 4 is 5.82 Å². The molecule has 0 saturated carbocycles. The molecule has 0 fully saturated rings. The number of benzene rings is 1. The Kier molecular flexibility index (Phi) is 3.79. The van der Waals surface area contributed by atoms with E-state index in [1.54, 1.807) is 25.4 Å². The molecule has 0 aliphatic carbocycles. The number of methoxy groups -OCH3 is 1. The molecule has 0 saturated heterocycles. The number of nitrogen functional groups attached to an aromatic ring is 1. The zero-order chi connectivity index (χ0) is 13.0. The topological polar surface area (TPSA) is 68.4 Å². The Labute approximate surface area is 106 Å². The molecule has 0 spiro atoms. The van der Waals surface area contributed by atoms with Gasteiger partial charge in [-0.05, 0) is 17.7 Å². The maximum absolute atomic E-state index is 10.2. The van der Waals surface area contributed by atoms with Gasteiger partial charge in [0.2, 0.25) is 0 Å². The van der Waals surface area contributed by atoms with Crippen molar-refractivity contribution < 1.29 is 9.84 Å². The molecule has 1 unspecified atom stereocenters. The van der Waals surface area contributed by atoms with Crippen LogP contribution in [0.25, 0.3) is 0 Å². The highest BCUT2D eigenvalue weighted by molar-refractivity contribution is 5.42. The second-order valence-electron chi connectivity index (χ2n) is 4.01. The quantitative estimate of drug-likeness (QED) is 0.862. The van der Waals surface area contributed by atoms with E-state index in [4.69, 9.17) is 10.5 Å². The molecule has 2 aromatic rings. The van der Waals surface area contributed by atoms with Crippen molar-refractivity contribution in [3.63, 3.8) is 0 Å². The number of aliphatic hydroxyl groups excluding tert-OH is 1. The van der Waals surface area contributed by atoms with E-state index in [0.29, 0.717) is 17.8 Å². The van der Waals surface area contributed by atoms with Crippen molar-refractivity contribution in [2.24, 2.45) is 0 Å². The van der Waals surface area contributed by atoms with Gasteiger partial charge in [0, 0.05) is 18.2 Å². The van der Waals surface area contributed by atoms with Crippen LogP contribution in [0, 0.1) is 0 Å². The van der Waals surface area contributed by atoms with Gasteiger partial charge in [-0.3, -0.25) is 0 Å². The fourth-order valence-electron chi connectivity index (χ4n) is 1.90. The van der Waals surface area contributed by atoms with Crippen molar-refractivity contribution in [1.29, 1.82) is 0 Å². The highest BCUT2D eigenvalue weighted by Crippen LogP contribution is 2.26. The summed E-state index contributed by atoms with van der Waals surface area (Å²) in [6.45, 7) is 0. The number of anilines is 1. The van der Waals surface area contributed by atoms with Gasteiger partial charge in [-0.15, -0.1) is 0 Å². The second-order valence-corrected chi connectivity index (χ2v) is 4.01. The Hall–Kier alpha value is -2.07. The van der Waals surface area contributed by atoms with Gasteiger partial charge < -0.3 is 15.6 Å². The van der Waals surface area contributed by atoms with E-state index >= 15 is 0 Å². The van der Waals surface area contributed by atoms with Crippen LogP contribution in [0.4, 0.5) is 5.82 Å². The Morgan fingerprint density at radius 1 is 1.28 bits per heavy atom. The van der Waals surface area contributed by atoms with Gasteiger partial charge in [0.25, 0.3) is 0 Å². The average molecular weight is 244 g/mol. The van der Waals surface area contributed by atoms with Crippen LogP contribution >= 0.6 is 0 Å². The summed E-state index contributed by atoms with van der Waals surface area (Å²) in [6, 6.07) is 11.1. The van der Waals surface area contributed by atoms with E-state index in [-0.39, 0.29) is 0 Å². The number of rotatable bonds is 4. The minimum atomic E-state index is -0.685. The number of hydrogen-bond acceptors (Lipinski definition) is 4. The Bertz CT molecular complexity index is 529. The molecular formula is C14H16N2O2. The molecule has 1 atom stereocenters. The maximum atomic E-state index is 10.2. The summed E-state index contributed by atoms with van der Waals surface area (Å²) in [7, 11) is 1.61. The first-order chi connectivity index (χ1) is 8.72. The molecule has 18 heavy (non-hydrogen) atoms. The zero-order valence-corrected chi connectivity index (χ0v) is 10.2. The maximum Gasteiger partial charge on any atom is 0.129 e. The number of pyridine rings is 1. The number of para-hydroxylation sites is 1. The zero-order valence-electron chi connectivity index (χ0n) is 10.2. The first kappa shape index (κ1) is 12.4. The summed E-state index contributed by atoms with van der Waals surface area (Å²) < 4.78 is 5.25. The van der Waals surface area contributed by atoms with E-state index in [1.807, 2.05) is 24.3 Å².